The first-order valence-electron chi connectivity index (χ1n) is 10.2. The second-order valence-electron chi connectivity index (χ2n) is 8.87. The molecule has 0 N–H and O–H groups in total. The highest BCUT2D eigenvalue weighted by molar-refractivity contribution is 7.98. The molecule has 4 saturated carbocycles. The average Bonchev–Trinajstić information content (AvgIpc) is 3.36. The van der Waals surface area contributed by atoms with Gasteiger partial charge in [0.2, 0.25) is 5.89 Å². The van der Waals surface area contributed by atoms with Crippen molar-refractivity contribution in [2.45, 2.75) is 54.9 Å². The highest BCUT2D eigenvalue weighted by Gasteiger charge is 2.54. The zero-order valence-corrected chi connectivity index (χ0v) is 17.3. The fourth-order valence-electron chi connectivity index (χ4n) is 6.08. The molecule has 4 aliphatic rings. The van der Waals surface area contributed by atoms with Crippen LogP contribution < -0.4 is 0 Å². The van der Waals surface area contributed by atoms with Crippen molar-refractivity contribution in [2.24, 2.45) is 17.8 Å². The molecule has 0 spiro atoms. The molecule has 7 rings (SSSR count). The largest absolute Gasteiger partial charge is 0.415 e. The van der Waals surface area contributed by atoms with Crippen molar-refractivity contribution in [3.05, 3.63) is 47.3 Å². The van der Waals surface area contributed by atoms with E-state index in [0.717, 1.165) is 40.1 Å². The lowest BCUT2D eigenvalue weighted by molar-refractivity contribution is -0.0191. The summed E-state index contributed by atoms with van der Waals surface area (Å²) < 4.78 is 6.20. The number of nitrogens with zero attached hydrogens (tertiary/aromatic N) is 3. The number of thiazole rings is 1. The second-order valence-corrected chi connectivity index (χ2v) is 10.7. The van der Waals surface area contributed by atoms with Crippen molar-refractivity contribution in [3.8, 4) is 10.6 Å². The third-order valence-corrected chi connectivity index (χ3v) is 8.61. The van der Waals surface area contributed by atoms with Gasteiger partial charge in [-0.3, -0.25) is 0 Å². The van der Waals surface area contributed by atoms with Gasteiger partial charge < -0.3 is 4.42 Å². The molecule has 28 heavy (non-hydrogen) atoms. The molecule has 6 heteroatoms. The van der Waals surface area contributed by atoms with Gasteiger partial charge in [0.25, 0.3) is 5.22 Å². The summed E-state index contributed by atoms with van der Waals surface area (Å²) in [5.74, 6) is 4.35. The van der Waals surface area contributed by atoms with E-state index in [4.69, 9.17) is 9.40 Å². The normalized spacial score (nSPS) is 30.8. The maximum atomic E-state index is 6.20. The Hall–Kier alpha value is -1.66. The van der Waals surface area contributed by atoms with Crippen molar-refractivity contribution in [1.29, 1.82) is 0 Å². The Bertz CT molecular complexity index is 945. The Morgan fingerprint density at radius 3 is 2.43 bits per heavy atom. The van der Waals surface area contributed by atoms with Crippen molar-refractivity contribution in [2.75, 3.05) is 0 Å². The lowest BCUT2D eigenvalue weighted by Gasteiger charge is -2.55. The predicted molar refractivity (Wildman–Crippen MR) is 111 cm³/mol. The number of hydrogen-bond acceptors (Lipinski definition) is 6. The molecule has 2 heterocycles. The molecular weight excluding hydrogens is 386 g/mol. The highest BCUT2D eigenvalue weighted by atomic mass is 32.2. The van der Waals surface area contributed by atoms with Gasteiger partial charge in [-0.1, -0.05) is 42.1 Å². The first-order valence-corrected chi connectivity index (χ1v) is 12.1. The highest BCUT2D eigenvalue weighted by Crippen LogP contribution is 2.60. The van der Waals surface area contributed by atoms with E-state index in [9.17, 15) is 0 Å². The van der Waals surface area contributed by atoms with E-state index in [2.05, 4.69) is 39.8 Å². The standard InChI is InChI=1S/C22H23N3OS2/c1-2-4-17(5-3-1)19-23-18(12-27-19)13-28-21-25-24-20(26-21)22-9-14-6-15(10-22)8-16(7-14)11-22/h1-5,12,14-16H,6-11,13H2. The third kappa shape index (κ3) is 3.01. The zero-order valence-electron chi connectivity index (χ0n) is 15.7. The minimum absolute atomic E-state index is 0.182. The van der Waals surface area contributed by atoms with E-state index < -0.39 is 0 Å². The molecular formula is C22H23N3OS2. The molecule has 4 bridgehead atoms. The molecule has 0 unspecified atom stereocenters. The Morgan fingerprint density at radius 2 is 1.71 bits per heavy atom. The minimum atomic E-state index is 0.182. The molecule has 4 fully saturated rings. The van der Waals surface area contributed by atoms with Crippen LogP contribution in [0.1, 0.15) is 50.1 Å². The van der Waals surface area contributed by atoms with Crippen LogP contribution in [0.2, 0.25) is 0 Å². The van der Waals surface area contributed by atoms with Crippen LogP contribution >= 0.6 is 23.1 Å². The van der Waals surface area contributed by atoms with E-state index in [1.54, 1.807) is 23.1 Å². The molecule has 0 amide bonds. The van der Waals surface area contributed by atoms with Gasteiger partial charge in [-0.2, -0.15) is 0 Å². The van der Waals surface area contributed by atoms with Crippen LogP contribution in [0.15, 0.2) is 45.4 Å². The lowest BCUT2D eigenvalue weighted by atomic mass is 9.49. The molecule has 4 aliphatic carbocycles. The van der Waals surface area contributed by atoms with Crippen LogP contribution in [0.5, 0.6) is 0 Å². The Balaban J connectivity index is 1.15. The number of rotatable bonds is 5. The monoisotopic (exact) mass is 409 g/mol. The molecule has 1 aromatic carbocycles. The summed E-state index contributed by atoms with van der Waals surface area (Å²) in [5.41, 5.74) is 2.43. The van der Waals surface area contributed by atoms with Crippen LogP contribution in [0, 0.1) is 17.8 Å². The van der Waals surface area contributed by atoms with E-state index in [0.29, 0.717) is 5.22 Å². The van der Waals surface area contributed by atoms with Crippen molar-refractivity contribution in [3.63, 3.8) is 0 Å². The van der Waals surface area contributed by atoms with Gasteiger partial charge in [-0.05, 0) is 56.3 Å². The van der Waals surface area contributed by atoms with E-state index >= 15 is 0 Å². The number of benzene rings is 1. The van der Waals surface area contributed by atoms with E-state index in [1.807, 2.05) is 6.07 Å². The SMILES string of the molecule is c1ccc(-c2nc(CSc3nnc(C45CC6CC(CC(C6)C4)C5)o3)cs2)cc1. The molecule has 144 valence electrons. The molecule has 3 aromatic rings. The van der Waals surface area contributed by atoms with Crippen molar-refractivity contribution >= 4 is 23.1 Å². The Labute approximate surface area is 173 Å². The van der Waals surface area contributed by atoms with Crippen LogP contribution in [-0.2, 0) is 11.2 Å². The van der Waals surface area contributed by atoms with Crippen LogP contribution in [0.3, 0.4) is 0 Å². The van der Waals surface area contributed by atoms with Crippen molar-refractivity contribution < 1.29 is 4.42 Å². The number of hydrogen-bond donors (Lipinski definition) is 0. The first-order chi connectivity index (χ1) is 13.8. The quantitative estimate of drug-likeness (QED) is 0.487. The third-order valence-electron chi connectivity index (χ3n) is 6.81. The second kappa shape index (κ2) is 6.70. The summed E-state index contributed by atoms with van der Waals surface area (Å²) in [7, 11) is 0. The molecule has 0 atom stereocenters. The lowest BCUT2D eigenvalue weighted by Crippen LogP contribution is -2.48. The summed E-state index contributed by atoms with van der Waals surface area (Å²) in [6, 6.07) is 10.3. The van der Waals surface area contributed by atoms with Gasteiger partial charge in [0.05, 0.1) is 5.69 Å². The minimum Gasteiger partial charge on any atom is -0.415 e. The first kappa shape index (κ1) is 17.2. The number of thioether (sulfide) groups is 1. The van der Waals surface area contributed by atoms with Gasteiger partial charge >= 0.3 is 0 Å². The average molecular weight is 410 g/mol. The fraction of sp³-hybridized carbons (Fsp3) is 0.500. The fourth-order valence-corrected chi connectivity index (χ4v) is 7.66. The summed E-state index contributed by atoms with van der Waals surface area (Å²) in [6.07, 6.45) is 8.08. The predicted octanol–water partition coefficient (Wildman–Crippen LogP) is 5.95. The summed E-state index contributed by atoms with van der Waals surface area (Å²) in [5, 5.41) is 12.8. The van der Waals surface area contributed by atoms with Gasteiger partial charge in [0.1, 0.15) is 5.01 Å². The van der Waals surface area contributed by atoms with Crippen LogP contribution in [0.4, 0.5) is 0 Å². The Morgan fingerprint density at radius 1 is 1.00 bits per heavy atom. The van der Waals surface area contributed by atoms with E-state index in [1.165, 1.54) is 44.1 Å². The van der Waals surface area contributed by atoms with Gasteiger partial charge in [0.15, 0.2) is 0 Å². The van der Waals surface area contributed by atoms with Gasteiger partial charge in [-0.15, -0.1) is 21.5 Å². The zero-order chi connectivity index (χ0) is 18.6. The molecule has 2 aromatic heterocycles. The van der Waals surface area contributed by atoms with Crippen LogP contribution in [0.25, 0.3) is 10.6 Å². The maximum absolute atomic E-state index is 6.20. The summed E-state index contributed by atoms with van der Waals surface area (Å²) in [6.45, 7) is 0. The molecule has 4 nitrogen and oxygen atoms in total. The molecule has 0 aliphatic heterocycles. The topological polar surface area (TPSA) is 51.8 Å². The Kier molecular flexibility index (Phi) is 4.12. The van der Waals surface area contributed by atoms with Crippen molar-refractivity contribution in [1.82, 2.24) is 15.2 Å². The van der Waals surface area contributed by atoms with Gasteiger partial charge in [0, 0.05) is 22.1 Å². The van der Waals surface area contributed by atoms with Crippen LogP contribution in [-0.4, -0.2) is 15.2 Å². The van der Waals surface area contributed by atoms with E-state index in [-0.39, 0.29) is 5.41 Å². The number of aromatic nitrogens is 3. The maximum Gasteiger partial charge on any atom is 0.276 e. The summed E-state index contributed by atoms with van der Waals surface area (Å²) >= 11 is 3.30. The van der Waals surface area contributed by atoms with Gasteiger partial charge in [-0.25, -0.2) is 4.98 Å². The summed E-state index contributed by atoms with van der Waals surface area (Å²) in [4.78, 5) is 4.76. The molecule has 0 radical (unpaired) electrons. The smallest absolute Gasteiger partial charge is 0.276 e. The molecule has 0 saturated heterocycles.